The zero-order chi connectivity index (χ0) is 9.10. The van der Waals surface area contributed by atoms with E-state index in [9.17, 15) is 0 Å². The van der Waals surface area contributed by atoms with E-state index in [2.05, 4.69) is 17.6 Å². The number of nitrogens with two attached hydrogens (primary N) is 1. The maximum absolute atomic E-state index is 5.61. The third kappa shape index (κ3) is 1.66. The third-order valence-electron chi connectivity index (χ3n) is 2.31. The lowest BCUT2D eigenvalue weighted by atomic mass is 10.0. The summed E-state index contributed by atoms with van der Waals surface area (Å²) in [6.07, 6.45) is 2.24. The summed E-state index contributed by atoms with van der Waals surface area (Å²) in [5.41, 5.74) is 5.11. The molecule has 0 radical (unpaired) electrons. The van der Waals surface area contributed by atoms with Gasteiger partial charge in [0.1, 0.15) is 5.75 Å². The molecule has 1 aromatic carbocycles. The normalized spacial score (nSPS) is 14.8. The predicted octanol–water partition coefficient (Wildman–Crippen LogP) is 0.975. The first-order valence-electron chi connectivity index (χ1n) is 4.59. The van der Waals surface area contributed by atoms with Gasteiger partial charge in [0.15, 0.2) is 0 Å². The molecule has 3 heteroatoms. The van der Waals surface area contributed by atoms with Crippen molar-refractivity contribution < 1.29 is 4.74 Å². The SMILES string of the molecule is NNCc1cccc2c1OCCC2. The second-order valence-electron chi connectivity index (χ2n) is 3.24. The number of benzene rings is 1. The first kappa shape index (κ1) is 8.53. The lowest BCUT2D eigenvalue weighted by molar-refractivity contribution is 0.284. The van der Waals surface area contributed by atoms with Gasteiger partial charge in [-0.05, 0) is 18.4 Å². The van der Waals surface area contributed by atoms with E-state index in [1.807, 2.05) is 6.07 Å². The molecule has 1 aliphatic rings. The van der Waals surface area contributed by atoms with E-state index in [1.54, 1.807) is 0 Å². The minimum Gasteiger partial charge on any atom is -0.493 e. The number of aryl methyl sites for hydroxylation is 1. The largest absolute Gasteiger partial charge is 0.493 e. The molecule has 1 aromatic rings. The summed E-state index contributed by atoms with van der Waals surface area (Å²) < 4.78 is 5.61. The minimum atomic E-state index is 0.670. The van der Waals surface area contributed by atoms with Gasteiger partial charge in [-0.25, -0.2) is 0 Å². The molecule has 0 atom stereocenters. The highest BCUT2D eigenvalue weighted by Crippen LogP contribution is 2.28. The van der Waals surface area contributed by atoms with Crippen molar-refractivity contribution in [3.05, 3.63) is 29.3 Å². The van der Waals surface area contributed by atoms with Crippen molar-refractivity contribution in [2.45, 2.75) is 19.4 Å². The van der Waals surface area contributed by atoms with E-state index in [0.29, 0.717) is 6.54 Å². The van der Waals surface area contributed by atoms with Crippen LogP contribution in [0.1, 0.15) is 17.5 Å². The van der Waals surface area contributed by atoms with Crippen LogP contribution in [0.25, 0.3) is 0 Å². The average Bonchev–Trinajstić information content (AvgIpc) is 2.19. The summed E-state index contributed by atoms with van der Waals surface area (Å²) in [5, 5.41) is 0. The van der Waals surface area contributed by atoms with Crippen LogP contribution in [0.5, 0.6) is 5.75 Å². The van der Waals surface area contributed by atoms with Crippen LogP contribution in [0.2, 0.25) is 0 Å². The fourth-order valence-corrected chi connectivity index (χ4v) is 1.71. The minimum absolute atomic E-state index is 0.670. The number of ether oxygens (including phenoxy) is 1. The van der Waals surface area contributed by atoms with Gasteiger partial charge >= 0.3 is 0 Å². The third-order valence-corrected chi connectivity index (χ3v) is 2.31. The van der Waals surface area contributed by atoms with E-state index in [-0.39, 0.29) is 0 Å². The second-order valence-corrected chi connectivity index (χ2v) is 3.24. The number of fused-ring (bicyclic) bond motifs is 1. The number of hydrazine groups is 1. The zero-order valence-electron chi connectivity index (χ0n) is 7.55. The maximum atomic E-state index is 5.61. The molecule has 0 amide bonds. The fourth-order valence-electron chi connectivity index (χ4n) is 1.71. The smallest absolute Gasteiger partial charge is 0.127 e. The molecule has 1 aliphatic heterocycles. The van der Waals surface area contributed by atoms with Crippen molar-refractivity contribution in [1.82, 2.24) is 5.43 Å². The molecule has 3 N–H and O–H groups in total. The monoisotopic (exact) mass is 178 g/mol. The van der Waals surface area contributed by atoms with Gasteiger partial charge in [0.2, 0.25) is 0 Å². The highest BCUT2D eigenvalue weighted by molar-refractivity contribution is 5.42. The van der Waals surface area contributed by atoms with E-state index < -0.39 is 0 Å². The quantitative estimate of drug-likeness (QED) is 0.524. The molecule has 0 aliphatic carbocycles. The van der Waals surface area contributed by atoms with E-state index in [0.717, 1.165) is 30.8 Å². The van der Waals surface area contributed by atoms with Gasteiger partial charge in [-0.1, -0.05) is 18.2 Å². The van der Waals surface area contributed by atoms with Crippen molar-refractivity contribution in [1.29, 1.82) is 0 Å². The first-order valence-corrected chi connectivity index (χ1v) is 4.59. The van der Waals surface area contributed by atoms with Crippen molar-refractivity contribution >= 4 is 0 Å². The average molecular weight is 178 g/mol. The van der Waals surface area contributed by atoms with Crippen LogP contribution in [0.3, 0.4) is 0 Å². The number of rotatable bonds is 2. The Hall–Kier alpha value is -1.06. The number of para-hydroxylation sites is 1. The van der Waals surface area contributed by atoms with Crippen molar-refractivity contribution in [2.75, 3.05) is 6.61 Å². The Morgan fingerprint density at radius 1 is 1.46 bits per heavy atom. The maximum Gasteiger partial charge on any atom is 0.127 e. The Morgan fingerprint density at radius 2 is 2.38 bits per heavy atom. The molecular formula is C10H14N2O. The number of nitrogens with one attached hydrogen (secondary N) is 1. The van der Waals surface area contributed by atoms with Gasteiger partial charge in [-0.2, -0.15) is 0 Å². The van der Waals surface area contributed by atoms with Crippen LogP contribution < -0.4 is 16.0 Å². The van der Waals surface area contributed by atoms with Crippen LogP contribution in [-0.2, 0) is 13.0 Å². The van der Waals surface area contributed by atoms with Crippen molar-refractivity contribution in [3.8, 4) is 5.75 Å². The first-order chi connectivity index (χ1) is 6.42. The highest BCUT2D eigenvalue weighted by Gasteiger charge is 2.12. The van der Waals surface area contributed by atoms with Crippen LogP contribution in [0, 0.1) is 0 Å². The van der Waals surface area contributed by atoms with Gasteiger partial charge in [0.05, 0.1) is 6.61 Å². The van der Waals surface area contributed by atoms with Gasteiger partial charge in [-0.3, -0.25) is 11.3 Å². The van der Waals surface area contributed by atoms with Gasteiger partial charge in [-0.15, -0.1) is 0 Å². The van der Waals surface area contributed by atoms with Gasteiger partial charge in [0, 0.05) is 12.1 Å². The van der Waals surface area contributed by atoms with Gasteiger partial charge in [0.25, 0.3) is 0 Å². The summed E-state index contributed by atoms with van der Waals surface area (Å²) >= 11 is 0. The van der Waals surface area contributed by atoms with Crippen LogP contribution in [0.4, 0.5) is 0 Å². The summed E-state index contributed by atoms with van der Waals surface area (Å²) in [4.78, 5) is 0. The Balaban J connectivity index is 2.34. The summed E-state index contributed by atoms with van der Waals surface area (Å²) in [6, 6.07) is 6.22. The molecule has 1 heterocycles. The predicted molar refractivity (Wildman–Crippen MR) is 51.3 cm³/mol. The fraction of sp³-hybridized carbons (Fsp3) is 0.400. The zero-order valence-corrected chi connectivity index (χ0v) is 7.55. The number of hydrogen-bond donors (Lipinski definition) is 2. The lowest BCUT2D eigenvalue weighted by Gasteiger charge is -2.19. The molecule has 0 saturated carbocycles. The molecule has 0 aromatic heterocycles. The van der Waals surface area contributed by atoms with Crippen LogP contribution >= 0.6 is 0 Å². The van der Waals surface area contributed by atoms with Crippen molar-refractivity contribution in [3.63, 3.8) is 0 Å². The Labute approximate surface area is 77.9 Å². The van der Waals surface area contributed by atoms with Crippen molar-refractivity contribution in [2.24, 2.45) is 5.84 Å². The lowest BCUT2D eigenvalue weighted by Crippen LogP contribution is -2.22. The summed E-state index contributed by atoms with van der Waals surface area (Å²) in [6.45, 7) is 1.50. The summed E-state index contributed by atoms with van der Waals surface area (Å²) in [5.74, 6) is 6.32. The molecule has 3 nitrogen and oxygen atoms in total. The topological polar surface area (TPSA) is 47.3 Å². The Kier molecular flexibility index (Phi) is 2.47. The van der Waals surface area contributed by atoms with Crippen LogP contribution in [0.15, 0.2) is 18.2 Å². The molecule has 0 fully saturated rings. The molecule has 0 saturated heterocycles. The standard InChI is InChI=1S/C10H14N2O/c11-12-7-9-4-1-3-8-5-2-6-13-10(8)9/h1,3-4,12H,2,5-7,11H2. The van der Waals surface area contributed by atoms with Crippen LogP contribution in [-0.4, -0.2) is 6.61 Å². The van der Waals surface area contributed by atoms with Gasteiger partial charge < -0.3 is 4.74 Å². The van der Waals surface area contributed by atoms with E-state index >= 15 is 0 Å². The summed E-state index contributed by atoms with van der Waals surface area (Å²) in [7, 11) is 0. The highest BCUT2D eigenvalue weighted by atomic mass is 16.5. The molecular weight excluding hydrogens is 164 g/mol. The molecule has 0 bridgehead atoms. The molecule has 0 unspecified atom stereocenters. The second kappa shape index (κ2) is 3.77. The molecule has 13 heavy (non-hydrogen) atoms. The molecule has 0 spiro atoms. The van der Waals surface area contributed by atoms with E-state index in [4.69, 9.17) is 10.6 Å². The number of hydrogen-bond acceptors (Lipinski definition) is 3. The molecule has 2 rings (SSSR count). The van der Waals surface area contributed by atoms with E-state index in [1.165, 1.54) is 5.56 Å². The Bertz CT molecular complexity index is 299. The Morgan fingerprint density at radius 3 is 3.23 bits per heavy atom. The molecule has 70 valence electrons.